The molecule has 0 bridgehead atoms. The third-order valence-electron chi connectivity index (χ3n) is 3.08. The van der Waals surface area contributed by atoms with E-state index in [1.165, 1.54) is 40.9 Å². The molecule has 1 aromatic carbocycles. The molecule has 0 aliphatic heterocycles. The third-order valence-corrected chi connectivity index (χ3v) is 6.24. The minimum absolute atomic E-state index is 0.0450. The Kier molecular flexibility index (Phi) is 7.00. The molecule has 0 spiro atoms. The van der Waals surface area contributed by atoms with Crippen LogP contribution in [0.1, 0.15) is 13.8 Å². The predicted octanol–water partition coefficient (Wildman–Crippen LogP) is 3.56. The van der Waals surface area contributed by atoms with Crippen LogP contribution in [0.5, 0.6) is 0 Å². The van der Waals surface area contributed by atoms with Crippen molar-refractivity contribution >= 4 is 46.5 Å². The van der Waals surface area contributed by atoms with Crippen molar-refractivity contribution in [1.29, 1.82) is 0 Å². The van der Waals surface area contributed by atoms with Gasteiger partial charge in [0.2, 0.25) is 5.91 Å². The lowest BCUT2D eigenvalue weighted by Gasteiger charge is -2.17. The lowest BCUT2D eigenvalue weighted by atomic mass is 10.3. The van der Waals surface area contributed by atoms with Crippen molar-refractivity contribution in [2.75, 3.05) is 18.8 Å². The Labute approximate surface area is 152 Å². The van der Waals surface area contributed by atoms with Gasteiger partial charge in [-0.1, -0.05) is 47.0 Å². The molecule has 7 nitrogen and oxygen atoms in total. The molecule has 0 aliphatic rings. The van der Waals surface area contributed by atoms with Gasteiger partial charge in [0, 0.05) is 19.2 Å². The summed E-state index contributed by atoms with van der Waals surface area (Å²) in [5.41, 5.74) is 0.0450. The first-order chi connectivity index (χ1) is 11.5. The quantitative estimate of drug-likeness (QED) is 0.390. The number of rotatable bonds is 8. The topological polar surface area (TPSA) is 89.2 Å². The highest BCUT2D eigenvalue weighted by atomic mass is 32.2. The zero-order valence-electron chi connectivity index (χ0n) is 13.2. The Morgan fingerprint density at radius 2 is 1.92 bits per heavy atom. The number of carbonyl (C=O) groups is 1. The van der Waals surface area contributed by atoms with Crippen molar-refractivity contribution in [3.05, 3.63) is 34.4 Å². The molecule has 0 fully saturated rings. The van der Waals surface area contributed by atoms with Crippen LogP contribution in [0.15, 0.2) is 37.8 Å². The fraction of sp³-hybridized carbons (Fsp3) is 0.357. The number of hydrogen-bond acceptors (Lipinski definition) is 8. The number of nitro groups is 1. The molecule has 0 N–H and O–H groups in total. The highest BCUT2D eigenvalue weighted by molar-refractivity contribution is 8.03. The van der Waals surface area contributed by atoms with Gasteiger partial charge in [-0.3, -0.25) is 14.9 Å². The van der Waals surface area contributed by atoms with Gasteiger partial charge in [-0.2, -0.15) is 0 Å². The van der Waals surface area contributed by atoms with Gasteiger partial charge in [-0.15, -0.1) is 10.2 Å². The molecule has 2 aromatic rings. The minimum Gasteiger partial charge on any atom is -0.343 e. The number of amides is 1. The fourth-order valence-electron chi connectivity index (χ4n) is 1.88. The highest BCUT2D eigenvalue weighted by Crippen LogP contribution is 2.37. The molecule has 0 radical (unpaired) electrons. The van der Waals surface area contributed by atoms with Crippen molar-refractivity contribution in [2.24, 2.45) is 0 Å². The first-order valence-corrected chi connectivity index (χ1v) is 9.82. The van der Waals surface area contributed by atoms with Crippen molar-refractivity contribution in [2.45, 2.75) is 27.4 Å². The zero-order valence-corrected chi connectivity index (χ0v) is 15.6. The lowest BCUT2D eigenvalue weighted by Crippen LogP contribution is -2.31. The van der Waals surface area contributed by atoms with Crippen LogP contribution in [0, 0.1) is 10.1 Å². The summed E-state index contributed by atoms with van der Waals surface area (Å²) < 4.78 is 1.29. The van der Waals surface area contributed by atoms with E-state index in [0.29, 0.717) is 32.4 Å². The average molecular weight is 385 g/mol. The molecule has 128 valence electrons. The molecule has 0 unspecified atom stereocenters. The third kappa shape index (κ3) is 4.92. The van der Waals surface area contributed by atoms with Gasteiger partial charge in [0.25, 0.3) is 5.69 Å². The maximum atomic E-state index is 12.0. The van der Waals surface area contributed by atoms with Crippen LogP contribution in [0.2, 0.25) is 0 Å². The number of nitro benzene ring substituents is 1. The number of thioether (sulfide) groups is 1. The second-order valence-electron chi connectivity index (χ2n) is 4.52. The van der Waals surface area contributed by atoms with E-state index in [-0.39, 0.29) is 11.6 Å². The van der Waals surface area contributed by atoms with E-state index in [2.05, 4.69) is 10.2 Å². The van der Waals surface area contributed by atoms with Gasteiger partial charge in [-0.25, -0.2) is 0 Å². The minimum atomic E-state index is -0.415. The maximum Gasteiger partial charge on any atom is 0.283 e. The van der Waals surface area contributed by atoms with E-state index in [0.717, 1.165) is 0 Å². The summed E-state index contributed by atoms with van der Waals surface area (Å²) in [6.07, 6.45) is 0. The molecular weight excluding hydrogens is 368 g/mol. The Morgan fingerprint density at radius 1 is 1.25 bits per heavy atom. The predicted molar refractivity (Wildman–Crippen MR) is 95.8 cm³/mol. The molecule has 0 saturated carbocycles. The Bertz CT molecular complexity index is 719. The van der Waals surface area contributed by atoms with Crippen LogP contribution in [-0.2, 0) is 4.79 Å². The Morgan fingerprint density at radius 3 is 2.58 bits per heavy atom. The van der Waals surface area contributed by atoms with Gasteiger partial charge in [0.05, 0.1) is 15.6 Å². The van der Waals surface area contributed by atoms with E-state index in [4.69, 9.17) is 0 Å². The van der Waals surface area contributed by atoms with Crippen LogP contribution in [0.25, 0.3) is 0 Å². The summed E-state index contributed by atoms with van der Waals surface area (Å²) in [4.78, 5) is 24.9. The Balaban J connectivity index is 1.99. The summed E-state index contributed by atoms with van der Waals surface area (Å²) in [5, 5.41) is 19.1. The van der Waals surface area contributed by atoms with Crippen molar-refractivity contribution in [3.8, 4) is 0 Å². The van der Waals surface area contributed by atoms with Crippen molar-refractivity contribution < 1.29 is 9.72 Å². The summed E-state index contributed by atoms with van der Waals surface area (Å²) in [5.74, 6) is 0.375. The van der Waals surface area contributed by atoms with Gasteiger partial charge < -0.3 is 4.90 Å². The molecule has 10 heteroatoms. The smallest absolute Gasteiger partial charge is 0.283 e. The van der Waals surface area contributed by atoms with E-state index < -0.39 is 4.92 Å². The monoisotopic (exact) mass is 384 g/mol. The largest absolute Gasteiger partial charge is 0.343 e. The molecule has 24 heavy (non-hydrogen) atoms. The van der Waals surface area contributed by atoms with Crippen LogP contribution in [0.4, 0.5) is 5.69 Å². The van der Waals surface area contributed by atoms with E-state index >= 15 is 0 Å². The number of aromatic nitrogens is 2. The normalized spacial score (nSPS) is 10.6. The first-order valence-electron chi connectivity index (χ1n) is 7.20. The molecule has 2 rings (SSSR count). The standard InChI is InChI=1S/C14H16N4O3S3/c1-3-17(4-2)12(19)9-22-13-15-16-14(24-13)23-11-8-6-5-7-10(11)18(20)21/h5-8H,3-4,9H2,1-2H3. The molecule has 1 aromatic heterocycles. The second-order valence-corrected chi connectivity index (χ2v) is 8.00. The van der Waals surface area contributed by atoms with Crippen molar-refractivity contribution in [3.63, 3.8) is 0 Å². The molecular formula is C14H16N4O3S3. The second kappa shape index (κ2) is 9.00. The molecule has 0 aliphatic carbocycles. The average Bonchev–Trinajstić information content (AvgIpc) is 3.02. The van der Waals surface area contributed by atoms with Gasteiger partial charge >= 0.3 is 0 Å². The van der Waals surface area contributed by atoms with E-state index in [1.54, 1.807) is 23.1 Å². The lowest BCUT2D eigenvalue weighted by molar-refractivity contribution is -0.387. The zero-order chi connectivity index (χ0) is 17.5. The van der Waals surface area contributed by atoms with E-state index in [1.807, 2.05) is 13.8 Å². The molecule has 1 heterocycles. The van der Waals surface area contributed by atoms with Gasteiger partial charge in [0.1, 0.15) is 0 Å². The number of hydrogen-bond donors (Lipinski definition) is 0. The molecule has 0 atom stereocenters. The Hall–Kier alpha value is -1.65. The van der Waals surface area contributed by atoms with Crippen molar-refractivity contribution in [1.82, 2.24) is 15.1 Å². The summed E-state index contributed by atoms with van der Waals surface area (Å²) in [6.45, 7) is 5.26. The summed E-state index contributed by atoms with van der Waals surface area (Å²) in [6, 6.07) is 6.51. The summed E-state index contributed by atoms with van der Waals surface area (Å²) >= 11 is 3.87. The first kappa shape index (κ1) is 18.7. The number of carbonyl (C=O) groups excluding carboxylic acids is 1. The highest BCUT2D eigenvalue weighted by Gasteiger charge is 2.17. The van der Waals surface area contributed by atoms with Crippen LogP contribution in [0.3, 0.4) is 0 Å². The molecule has 0 saturated heterocycles. The van der Waals surface area contributed by atoms with Crippen LogP contribution in [-0.4, -0.2) is 44.8 Å². The van der Waals surface area contributed by atoms with Gasteiger partial charge in [-0.05, 0) is 19.9 Å². The van der Waals surface area contributed by atoms with E-state index in [9.17, 15) is 14.9 Å². The number of nitrogens with zero attached hydrogens (tertiary/aromatic N) is 4. The fourth-order valence-corrected chi connectivity index (χ4v) is 4.86. The van der Waals surface area contributed by atoms with Gasteiger partial charge in [0.15, 0.2) is 8.68 Å². The number of benzene rings is 1. The summed E-state index contributed by atoms with van der Waals surface area (Å²) in [7, 11) is 0. The maximum absolute atomic E-state index is 12.0. The molecule has 1 amide bonds. The van der Waals surface area contributed by atoms with Crippen LogP contribution < -0.4 is 0 Å². The van der Waals surface area contributed by atoms with Crippen LogP contribution >= 0.6 is 34.9 Å². The number of para-hydroxylation sites is 1. The SMILES string of the molecule is CCN(CC)C(=O)CSc1nnc(Sc2ccccc2[N+](=O)[O-])s1.